The topological polar surface area (TPSA) is 111 Å². The lowest BCUT2D eigenvalue weighted by Crippen LogP contribution is -2.47. The number of phosphoric acid groups is 1. The third-order valence-corrected chi connectivity index (χ3v) is 15.6. The summed E-state index contributed by atoms with van der Waals surface area (Å²) >= 11 is 0. The molecule has 0 bridgehead atoms. The fourth-order valence-electron chi connectivity index (χ4n) is 9.58. The van der Waals surface area contributed by atoms with Gasteiger partial charge in [0.2, 0.25) is 5.91 Å². The van der Waals surface area contributed by atoms with Gasteiger partial charge in [0.05, 0.1) is 33.8 Å². The van der Waals surface area contributed by atoms with Crippen molar-refractivity contribution in [2.24, 2.45) is 0 Å². The van der Waals surface area contributed by atoms with Gasteiger partial charge in [0.15, 0.2) is 0 Å². The van der Waals surface area contributed by atoms with E-state index in [1.807, 2.05) is 39.4 Å². The summed E-state index contributed by atoms with van der Waals surface area (Å²) in [5.74, 6) is -0.568. The van der Waals surface area contributed by atoms with Crippen LogP contribution in [0.1, 0.15) is 316 Å². The van der Waals surface area contributed by atoms with Crippen molar-refractivity contribution in [1.29, 1.82) is 0 Å². The summed E-state index contributed by atoms with van der Waals surface area (Å²) in [7, 11) is 1.48. The fraction of sp³-hybridized carbons (Fsp3) is 0.877. The maximum absolute atomic E-state index is 13.6. The molecule has 0 radical (unpaired) electrons. The first kappa shape index (κ1) is 73.2. The standard InChI is InChI=1S/C65H125N2O7P/c1-7-10-13-16-19-22-25-28-29-30-31-32-33-34-35-36-37-40-42-45-48-51-54-57-64(68)66-62(61-73-75(70,71)72-60-59-67(4,5)6)63(56-53-50-47-44-41-38-26-23-20-17-14-11-8-2)74-65(69)58-55-52-49-46-43-39-27-24-21-18-15-12-9-3/h39,43,49,52-53,56,62-63H,7-38,40-42,44-48,50-51,54-55,57-61H2,1-6H3,(H-,66,68,70,71)/p+1/b43-39-,52-49+,56-53-. The van der Waals surface area contributed by atoms with Crippen LogP contribution < -0.4 is 5.32 Å². The van der Waals surface area contributed by atoms with Gasteiger partial charge in [-0.1, -0.05) is 289 Å². The van der Waals surface area contributed by atoms with Crippen molar-refractivity contribution < 1.29 is 37.3 Å². The Bertz CT molecular complexity index is 1380. The number of rotatable bonds is 59. The molecule has 0 aromatic carbocycles. The van der Waals surface area contributed by atoms with Crippen molar-refractivity contribution >= 4 is 19.7 Å². The summed E-state index contributed by atoms with van der Waals surface area (Å²) in [6.45, 7) is 7.01. The van der Waals surface area contributed by atoms with Crippen LogP contribution in [0, 0.1) is 0 Å². The van der Waals surface area contributed by atoms with E-state index in [4.69, 9.17) is 13.8 Å². The van der Waals surface area contributed by atoms with Gasteiger partial charge in [-0.05, 0) is 51.0 Å². The summed E-state index contributed by atoms with van der Waals surface area (Å²) in [4.78, 5) is 37.7. The molecule has 2 N–H and O–H groups in total. The molecule has 0 aliphatic carbocycles. The number of hydrogen-bond acceptors (Lipinski definition) is 6. The molecular formula is C65H126N2O7P+. The third kappa shape index (κ3) is 56.8. The first-order valence-electron chi connectivity index (χ1n) is 32.3. The zero-order valence-corrected chi connectivity index (χ0v) is 51.5. The monoisotopic (exact) mass is 1080 g/mol. The highest BCUT2D eigenvalue weighted by molar-refractivity contribution is 7.47. The molecular weight excluding hydrogens is 952 g/mol. The Morgan fingerprint density at radius 3 is 1.23 bits per heavy atom. The highest BCUT2D eigenvalue weighted by atomic mass is 31.2. The van der Waals surface area contributed by atoms with Crippen LogP contribution >= 0.6 is 7.82 Å². The maximum Gasteiger partial charge on any atom is 0.472 e. The summed E-state index contributed by atoms with van der Waals surface area (Å²) < 4.78 is 30.6. The molecule has 10 heteroatoms. The number of nitrogens with zero attached hydrogens (tertiary/aromatic N) is 1. The second-order valence-corrected chi connectivity index (χ2v) is 24.7. The van der Waals surface area contributed by atoms with Crippen molar-refractivity contribution in [1.82, 2.24) is 5.32 Å². The zero-order chi connectivity index (χ0) is 55.0. The Balaban J connectivity index is 5.16. The van der Waals surface area contributed by atoms with Gasteiger partial charge in [0.25, 0.3) is 0 Å². The number of unbranched alkanes of at least 4 members (excludes halogenated alkanes) is 39. The van der Waals surface area contributed by atoms with Gasteiger partial charge in [0.1, 0.15) is 19.3 Å². The molecule has 0 saturated heterocycles. The number of likely N-dealkylation sites (N-methyl/N-ethyl adjacent to an activating group) is 1. The number of carbonyl (C=O) groups excluding carboxylic acids is 2. The molecule has 442 valence electrons. The average Bonchev–Trinajstić information content (AvgIpc) is 3.37. The SMILES string of the molecule is CCCCCCCC/C=C\C/C=C/CCC(=O)OC(/C=C\CCCCCCCCCCCCC)C(COP(=O)(O)OCC[N+](C)(C)C)NC(=O)CCCCCCCCCCCCCCCCCCCCCCCCC. The highest BCUT2D eigenvalue weighted by Crippen LogP contribution is 2.43. The molecule has 0 saturated carbocycles. The van der Waals surface area contributed by atoms with Gasteiger partial charge in [-0.25, -0.2) is 4.57 Å². The largest absolute Gasteiger partial charge is 0.472 e. The van der Waals surface area contributed by atoms with Crippen LogP contribution in [0.3, 0.4) is 0 Å². The Morgan fingerprint density at radius 2 is 0.827 bits per heavy atom. The predicted octanol–water partition coefficient (Wildman–Crippen LogP) is 19.9. The Labute approximate surface area is 466 Å². The molecule has 3 unspecified atom stereocenters. The molecule has 1 amide bonds. The number of nitrogens with one attached hydrogen (secondary N) is 1. The van der Waals surface area contributed by atoms with Crippen LogP contribution in [0.2, 0.25) is 0 Å². The van der Waals surface area contributed by atoms with Gasteiger partial charge in [-0.15, -0.1) is 0 Å². The van der Waals surface area contributed by atoms with Gasteiger partial charge in [0, 0.05) is 12.8 Å². The molecule has 0 aromatic heterocycles. The van der Waals surface area contributed by atoms with Crippen LogP contribution in [0.15, 0.2) is 36.5 Å². The minimum absolute atomic E-state index is 0.0353. The quantitative estimate of drug-likeness (QED) is 0.0205. The summed E-state index contributed by atoms with van der Waals surface area (Å²) in [5, 5.41) is 3.05. The van der Waals surface area contributed by atoms with E-state index in [-0.39, 0.29) is 31.5 Å². The van der Waals surface area contributed by atoms with Gasteiger partial charge >= 0.3 is 13.8 Å². The summed E-state index contributed by atoms with van der Waals surface area (Å²) in [5.41, 5.74) is 0. The van der Waals surface area contributed by atoms with Crippen LogP contribution in [-0.4, -0.2) is 74.3 Å². The van der Waals surface area contributed by atoms with E-state index in [1.54, 1.807) is 0 Å². The predicted molar refractivity (Wildman–Crippen MR) is 323 cm³/mol. The molecule has 0 aliphatic rings. The first-order valence-corrected chi connectivity index (χ1v) is 33.8. The molecule has 0 spiro atoms. The van der Waals surface area contributed by atoms with Crippen molar-refractivity contribution in [2.75, 3.05) is 40.9 Å². The molecule has 3 atom stereocenters. The van der Waals surface area contributed by atoms with Crippen molar-refractivity contribution in [3.63, 3.8) is 0 Å². The zero-order valence-electron chi connectivity index (χ0n) is 50.6. The molecule has 0 fully saturated rings. The van der Waals surface area contributed by atoms with Crippen molar-refractivity contribution in [3.8, 4) is 0 Å². The number of phosphoric ester groups is 1. The highest BCUT2D eigenvalue weighted by Gasteiger charge is 2.30. The second kappa shape index (κ2) is 55.5. The van der Waals surface area contributed by atoms with Crippen molar-refractivity contribution in [2.45, 2.75) is 328 Å². The lowest BCUT2D eigenvalue weighted by atomic mass is 10.0. The van der Waals surface area contributed by atoms with Gasteiger partial charge in [-0.3, -0.25) is 18.6 Å². The number of allylic oxidation sites excluding steroid dienone is 5. The Kier molecular flexibility index (Phi) is 54.2. The number of quaternary nitrogens is 1. The molecule has 0 aliphatic heterocycles. The van der Waals surface area contributed by atoms with E-state index in [0.29, 0.717) is 23.9 Å². The van der Waals surface area contributed by atoms with E-state index in [0.717, 1.165) is 51.4 Å². The lowest BCUT2D eigenvalue weighted by molar-refractivity contribution is -0.870. The molecule has 0 rings (SSSR count). The van der Waals surface area contributed by atoms with Gasteiger partial charge in [-0.2, -0.15) is 0 Å². The van der Waals surface area contributed by atoms with Crippen LogP contribution in [0.25, 0.3) is 0 Å². The van der Waals surface area contributed by atoms with E-state index < -0.39 is 20.0 Å². The summed E-state index contributed by atoms with van der Waals surface area (Å²) in [6.07, 6.45) is 67.4. The van der Waals surface area contributed by atoms with E-state index in [9.17, 15) is 19.0 Å². The Morgan fingerprint density at radius 1 is 0.467 bits per heavy atom. The fourth-order valence-corrected chi connectivity index (χ4v) is 10.3. The molecule has 0 aromatic rings. The minimum atomic E-state index is -4.46. The van der Waals surface area contributed by atoms with Crippen LogP contribution in [0.4, 0.5) is 0 Å². The number of esters is 1. The number of carbonyl (C=O) groups is 2. The first-order chi connectivity index (χ1) is 36.4. The van der Waals surface area contributed by atoms with Gasteiger partial charge < -0.3 is 19.4 Å². The normalized spacial score (nSPS) is 13.9. The maximum atomic E-state index is 13.6. The van der Waals surface area contributed by atoms with Crippen LogP contribution in [-0.2, 0) is 27.9 Å². The van der Waals surface area contributed by atoms with Crippen molar-refractivity contribution in [3.05, 3.63) is 36.5 Å². The number of ether oxygens (including phenoxy) is 1. The molecule has 75 heavy (non-hydrogen) atoms. The number of amides is 1. The molecule has 0 heterocycles. The van der Waals surface area contributed by atoms with E-state index in [1.165, 1.54) is 225 Å². The van der Waals surface area contributed by atoms with E-state index in [2.05, 4.69) is 44.3 Å². The second-order valence-electron chi connectivity index (χ2n) is 23.3. The number of hydrogen-bond donors (Lipinski definition) is 2. The Hall–Kier alpha value is -1.77. The molecule has 9 nitrogen and oxygen atoms in total. The third-order valence-electron chi connectivity index (χ3n) is 14.6. The lowest BCUT2D eigenvalue weighted by Gasteiger charge is -2.27. The average molecular weight is 1080 g/mol. The summed E-state index contributed by atoms with van der Waals surface area (Å²) in [6, 6.07) is -0.866. The van der Waals surface area contributed by atoms with E-state index >= 15 is 0 Å². The smallest absolute Gasteiger partial charge is 0.456 e. The van der Waals surface area contributed by atoms with Crippen LogP contribution in [0.5, 0.6) is 0 Å². The minimum Gasteiger partial charge on any atom is -0.456 e.